The molecule has 0 unspecified atom stereocenters. The van der Waals surface area contributed by atoms with Crippen molar-refractivity contribution in [3.8, 4) is 16.9 Å². The van der Waals surface area contributed by atoms with Crippen LogP contribution in [0.4, 0.5) is 4.39 Å². The minimum absolute atomic E-state index is 0.202. The second-order valence-electron chi connectivity index (χ2n) is 5.31. The SMILES string of the molecule is COc1ccc2c(=O)n(C)c(C(=O)O)c(-c3cccc(F)c3)c2c1. The van der Waals surface area contributed by atoms with E-state index >= 15 is 0 Å². The lowest BCUT2D eigenvalue weighted by Crippen LogP contribution is -2.24. The molecular weight excluding hydrogens is 313 g/mol. The zero-order valence-corrected chi connectivity index (χ0v) is 13.0. The summed E-state index contributed by atoms with van der Waals surface area (Å²) in [5.74, 6) is -1.28. The van der Waals surface area contributed by atoms with Crippen LogP contribution in [0.5, 0.6) is 5.75 Å². The van der Waals surface area contributed by atoms with Gasteiger partial charge in [-0.1, -0.05) is 12.1 Å². The first-order valence-electron chi connectivity index (χ1n) is 7.14. The largest absolute Gasteiger partial charge is 0.497 e. The second-order valence-corrected chi connectivity index (χ2v) is 5.31. The number of carboxylic acids is 1. The van der Waals surface area contributed by atoms with Gasteiger partial charge >= 0.3 is 5.97 Å². The van der Waals surface area contributed by atoms with Crippen LogP contribution in [-0.4, -0.2) is 22.8 Å². The van der Waals surface area contributed by atoms with Crippen molar-refractivity contribution in [3.05, 3.63) is 64.3 Å². The van der Waals surface area contributed by atoms with E-state index in [1.165, 1.54) is 32.4 Å². The van der Waals surface area contributed by atoms with Crippen LogP contribution in [0.2, 0.25) is 0 Å². The molecule has 0 saturated carbocycles. The van der Waals surface area contributed by atoms with Crippen molar-refractivity contribution in [3.63, 3.8) is 0 Å². The van der Waals surface area contributed by atoms with Crippen molar-refractivity contribution in [1.29, 1.82) is 0 Å². The predicted molar refractivity (Wildman–Crippen MR) is 88.1 cm³/mol. The van der Waals surface area contributed by atoms with Crippen molar-refractivity contribution in [2.75, 3.05) is 7.11 Å². The molecule has 0 saturated heterocycles. The molecule has 0 amide bonds. The summed E-state index contributed by atoms with van der Waals surface area (Å²) >= 11 is 0. The summed E-state index contributed by atoms with van der Waals surface area (Å²) in [6.07, 6.45) is 0. The maximum atomic E-state index is 13.7. The van der Waals surface area contributed by atoms with E-state index in [1.807, 2.05) is 0 Å². The number of ether oxygens (including phenoxy) is 1. The molecule has 1 aromatic heterocycles. The molecule has 2 aromatic carbocycles. The van der Waals surface area contributed by atoms with E-state index in [0.717, 1.165) is 4.57 Å². The number of aromatic carboxylic acids is 1. The Morgan fingerprint density at radius 2 is 1.92 bits per heavy atom. The minimum Gasteiger partial charge on any atom is -0.497 e. The van der Waals surface area contributed by atoms with Crippen LogP contribution in [0.15, 0.2) is 47.3 Å². The number of halogens is 1. The third-order valence-corrected chi connectivity index (χ3v) is 3.92. The molecule has 3 aromatic rings. The number of aromatic nitrogens is 1. The van der Waals surface area contributed by atoms with Crippen LogP contribution >= 0.6 is 0 Å². The molecule has 0 spiro atoms. The van der Waals surface area contributed by atoms with E-state index in [0.29, 0.717) is 22.1 Å². The Balaban J connectivity index is 2.56. The minimum atomic E-state index is -1.27. The lowest BCUT2D eigenvalue weighted by Gasteiger charge is -2.15. The number of benzene rings is 2. The Kier molecular flexibility index (Phi) is 3.81. The van der Waals surface area contributed by atoms with Gasteiger partial charge in [-0.15, -0.1) is 0 Å². The van der Waals surface area contributed by atoms with Crippen LogP contribution in [0, 0.1) is 5.82 Å². The molecule has 1 N–H and O–H groups in total. The summed E-state index contributed by atoms with van der Waals surface area (Å²) in [5, 5.41) is 10.3. The fourth-order valence-corrected chi connectivity index (χ4v) is 2.81. The summed E-state index contributed by atoms with van der Waals surface area (Å²) in [5.41, 5.74) is 0.0100. The fourth-order valence-electron chi connectivity index (χ4n) is 2.81. The van der Waals surface area contributed by atoms with Gasteiger partial charge < -0.3 is 14.4 Å². The molecular formula is C18H14FNO4. The molecule has 122 valence electrons. The normalized spacial score (nSPS) is 10.8. The van der Waals surface area contributed by atoms with Gasteiger partial charge in [-0.3, -0.25) is 4.79 Å². The van der Waals surface area contributed by atoms with Crippen LogP contribution < -0.4 is 10.3 Å². The molecule has 5 nitrogen and oxygen atoms in total. The maximum absolute atomic E-state index is 13.7. The number of hydrogen-bond donors (Lipinski definition) is 1. The molecule has 3 rings (SSSR count). The lowest BCUT2D eigenvalue weighted by atomic mass is 9.96. The Hall–Kier alpha value is -3.15. The van der Waals surface area contributed by atoms with Gasteiger partial charge in [-0.25, -0.2) is 9.18 Å². The average molecular weight is 327 g/mol. The summed E-state index contributed by atoms with van der Waals surface area (Å²) in [7, 11) is 2.86. The Labute approximate surface area is 136 Å². The van der Waals surface area contributed by atoms with Gasteiger partial charge in [0.25, 0.3) is 5.56 Å². The number of nitrogens with zero attached hydrogens (tertiary/aromatic N) is 1. The van der Waals surface area contributed by atoms with E-state index in [2.05, 4.69) is 0 Å². The Bertz CT molecular complexity index is 1020. The topological polar surface area (TPSA) is 68.5 Å². The smallest absolute Gasteiger partial charge is 0.353 e. The third-order valence-electron chi connectivity index (χ3n) is 3.92. The number of carbonyl (C=O) groups is 1. The number of rotatable bonds is 3. The molecule has 0 aliphatic heterocycles. The van der Waals surface area contributed by atoms with Gasteiger partial charge in [0.2, 0.25) is 0 Å². The molecule has 0 aliphatic carbocycles. The lowest BCUT2D eigenvalue weighted by molar-refractivity contribution is 0.0686. The highest BCUT2D eigenvalue weighted by molar-refractivity contribution is 6.06. The number of methoxy groups -OCH3 is 1. The highest BCUT2D eigenvalue weighted by atomic mass is 19.1. The van der Waals surface area contributed by atoms with Gasteiger partial charge in [0.15, 0.2) is 0 Å². The van der Waals surface area contributed by atoms with E-state index in [1.54, 1.807) is 24.3 Å². The molecule has 0 radical (unpaired) electrons. The zero-order valence-electron chi connectivity index (χ0n) is 13.0. The fraction of sp³-hybridized carbons (Fsp3) is 0.111. The number of fused-ring (bicyclic) bond motifs is 1. The van der Waals surface area contributed by atoms with Crippen molar-refractivity contribution in [2.45, 2.75) is 0 Å². The van der Waals surface area contributed by atoms with Crippen LogP contribution in [0.3, 0.4) is 0 Å². The van der Waals surface area contributed by atoms with Gasteiger partial charge in [-0.2, -0.15) is 0 Å². The van der Waals surface area contributed by atoms with Gasteiger partial charge in [0.1, 0.15) is 17.3 Å². The monoisotopic (exact) mass is 327 g/mol. The molecule has 24 heavy (non-hydrogen) atoms. The first-order valence-corrected chi connectivity index (χ1v) is 7.14. The zero-order chi connectivity index (χ0) is 17.4. The molecule has 6 heteroatoms. The van der Waals surface area contributed by atoms with Gasteiger partial charge in [0, 0.05) is 23.4 Å². The molecule has 0 atom stereocenters. The Morgan fingerprint density at radius 3 is 2.54 bits per heavy atom. The van der Waals surface area contributed by atoms with Gasteiger partial charge in [-0.05, 0) is 35.9 Å². The van der Waals surface area contributed by atoms with Crippen molar-refractivity contribution >= 4 is 16.7 Å². The van der Waals surface area contributed by atoms with Crippen LogP contribution in [0.25, 0.3) is 21.9 Å². The number of pyridine rings is 1. The first-order chi connectivity index (χ1) is 11.4. The molecule has 0 fully saturated rings. The standard InChI is InChI=1S/C18H14FNO4/c1-20-16(18(22)23)15(10-4-3-5-11(19)8-10)14-9-12(24-2)6-7-13(14)17(20)21/h3-9H,1-2H3,(H,22,23). The average Bonchev–Trinajstić information content (AvgIpc) is 2.56. The van der Waals surface area contributed by atoms with Crippen LogP contribution in [-0.2, 0) is 7.05 Å². The van der Waals surface area contributed by atoms with E-state index < -0.39 is 17.3 Å². The van der Waals surface area contributed by atoms with E-state index in [-0.39, 0.29) is 11.3 Å². The quantitative estimate of drug-likeness (QED) is 0.803. The van der Waals surface area contributed by atoms with Crippen molar-refractivity contribution in [2.24, 2.45) is 7.05 Å². The first kappa shape index (κ1) is 15.7. The van der Waals surface area contributed by atoms with Gasteiger partial charge in [0.05, 0.1) is 7.11 Å². The predicted octanol–water partition coefficient (Wildman–Crippen LogP) is 3.05. The molecule has 0 bridgehead atoms. The number of carboxylic acid groups (broad SMARTS) is 1. The Morgan fingerprint density at radius 1 is 1.17 bits per heavy atom. The number of hydrogen-bond acceptors (Lipinski definition) is 3. The molecule has 1 heterocycles. The molecule has 0 aliphatic rings. The highest BCUT2D eigenvalue weighted by Crippen LogP contribution is 2.33. The maximum Gasteiger partial charge on any atom is 0.353 e. The summed E-state index contributed by atoms with van der Waals surface area (Å²) in [4.78, 5) is 24.3. The van der Waals surface area contributed by atoms with Crippen molar-refractivity contribution in [1.82, 2.24) is 4.57 Å². The van der Waals surface area contributed by atoms with Crippen molar-refractivity contribution < 1.29 is 19.0 Å². The van der Waals surface area contributed by atoms with Crippen LogP contribution in [0.1, 0.15) is 10.5 Å². The van der Waals surface area contributed by atoms with E-state index in [4.69, 9.17) is 4.74 Å². The third kappa shape index (κ3) is 2.42. The highest BCUT2D eigenvalue weighted by Gasteiger charge is 2.21. The summed E-state index contributed by atoms with van der Waals surface area (Å²) in [6, 6.07) is 10.4. The summed E-state index contributed by atoms with van der Waals surface area (Å²) < 4.78 is 19.9. The summed E-state index contributed by atoms with van der Waals surface area (Å²) in [6.45, 7) is 0. The second kappa shape index (κ2) is 5.81. The van der Waals surface area contributed by atoms with E-state index in [9.17, 15) is 19.1 Å².